The zero-order valence-electron chi connectivity index (χ0n) is 18.7. The van der Waals surface area contributed by atoms with Gasteiger partial charge in [0.05, 0.1) is 23.3 Å². The van der Waals surface area contributed by atoms with Crippen LogP contribution in [-0.2, 0) is 40.8 Å². The van der Waals surface area contributed by atoms with Gasteiger partial charge in [-0.3, -0.25) is 9.59 Å². The molecule has 0 bridgehead atoms. The summed E-state index contributed by atoms with van der Waals surface area (Å²) in [6, 6.07) is 11.7. The van der Waals surface area contributed by atoms with Crippen molar-refractivity contribution in [2.24, 2.45) is 5.14 Å². The second-order valence-corrected chi connectivity index (χ2v) is 10.5. The molecule has 2 aromatic carbocycles. The van der Waals surface area contributed by atoms with Crippen LogP contribution in [0.1, 0.15) is 18.9 Å². The van der Waals surface area contributed by atoms with Gasteiger partial charge in [0.1, 0.15) is 5.75 Å². The maximum atomic E-state index is 12.2. The maximum absolute atomic E-state index is 12.2. The lowest BCUT2D eigenvalue weighted by Crippen LogP contribution is -2.37. The highest BCUT2D eigenvalue weighted by atomic mass is 32.2. The Morgan fingerprint density at radius 3 is 2.09 bits per heavy atom. The number of sulfonamides is 2. The minimum absolute atomic E-state index is 0.00731. The Morgan fingerprint density at radius 1 is 0.941 bits per heavy atom. The summed E-state index contributed by atoms with van der Waals surface area (Å²) in [6.07, 6.45) is -0.913. The van der Waals surface area contributed by atoms with E-state index >= 15 is 0 Å². The largest absolute Gasteiger partial charge is 0.497 e. The summed E-state index contributed by atoms with van der Waals surface area (Å²) in [4.78, 5) is 24.1. The van der Waals surface area contributed by atoms with Gasteiger partial charge < -0.3 is 14.8 Å². The number of amides is 1. The molecule has 2 rings (SSSR count). The molecule has 0 fully saturated rings. The van der Waals surface area contributed by atoms with Gasteiger partial charge in [0.15, 0.2) is 6.10 Å². The van der Waals surface area contributed by atoms with Crippen molar-refractivity contribution in [3.63, 3.8) is 0 Å². The van der Waals surface area contributed by atoms with Crippen LogP contribution in [0.15, 0.2) is 58.3 Å². The molecular weight excluding hydrogens is 486 g/mol. The number of nitrogens with two attached hydrogens (primary N) is 1. The van der Waals surface area contributed by atoms with Crippen molar-refractivity contribution in [2.75, 3.05) is 20.2 Å². The van der Waals surface area contributed by atoms with Gasteiger partial charge in [0.25, 0.3) is 5.91 Å². The number of methoxy groups -OCH3 is 1. The Bertz CT molecular complexity index is 1200. The van der Waals surface area contributed by atoms with Crippen LogP contribution in [-0.4, -0.2) is 55.0 Å². The van der Waals surface area contributed by atoms with Crippen LogP contribution in [0, 0.1) is 0 Å². The quantitative estimate of drug-likeness (QED) is 0.340. The van der Waals surface area contributed by atoms with Gasteiger partial charge in [-0.2, -0.15) is 0 Å². The first-order chi connectivity index (χ1) is 15.9. The van der Waals surface area contributed by atoms with E-state index in [1.54, 1.807) is 12.1 Å². The zero-order valence-corrected chi connectivity index (χ0v) is 20.3. The number of benzene rings is 2. The third kappa shape index (κ3) is 8.41. The highest BCUT2D eigenvalue weighted by molar-refractivity contribution is 7.89. The first-order valence-corrected chi connectivity index (χ1v) is 13.2. The second kappa shape index (κ2) is 11.9. The summed E-state index contributed by atoms with van der Waals surface area (Å²) < 4.78 is 59.3. The number of carbonyl (C=O) groups is 2. The van der Waals surface area contributed by atoms with Crippen LogP contribution < -0.4 is 19.9 Å². The van der Waals surface area contributed by atoms with E-state index in [1.165, 1.54) is 50.4 Å². The number of ether oxygens (including phenoxy) is 2. The summed E-state index contributed by atoms with van der Waals surface area (Å²) in [5.41, 5.74) is 0.779. The van der Waals surface area contributed by atoms with Gasteiger partial charge in [-0.05, 0) is 55.3 Å². The average Bonchev–Trinajstić information content (AvgIpc) is 2.78. The van der Waals surface area contributed by atoms with Gasteiger partial charge in [0, 0.05) is 13.1 Å². The van der Waals surface area contributed by atoms with E-state index in [1.807, 2.05) is 0 Å². The van der Waals surface area contributed by atoms with Crippen molar-refractivity contribution >= 4 is 31.9 Å². The molecule has 11 nitrogen and oxygen atoms in total. The van der Waals surface area contributed by atoms with Gasteiger partial charge in [-0.1, -0.05) is 12.1 Å². The smallest absolute Gasteiger partial charge is 0.307 e. The molecule has 13 heteroatoms. The fraction of sp³-hybridized carbons (Fsp3) is 0.333. The van der Waals surface area contributed by atoms with Crippen molar-refractivity contribution in [1.82, 2.24) is 10.0 Å². The molecule has 0 aliphatic carbocycles. The first-order valence-electron chi connectivity index (χ1n) is 10.1. The SMILES string of the molecule is COc1ccc(S(=O)(=O)NCCC(=O)OC(C)C(=O)NCCc2ccc(S(N)(=O)=O)cc2)cc1. The summed E-state index contributed by atoms with van der Waals surface area (Å²) in [5, 5.41) is 7.66. The summed E-state index contributed by atoms with van der Waals surface area (Å²) in [7, 11) is -6.11. The molecule has 0 spiro atoms. The van der Waals surface area contributed by atoms with Crippen molar-refractivity contribution < 1.29 is 35.9 Å². The third-order valence-electron chi connectivity index (χ3n) is 4.63. The number of hydrogen-bond acceptors (Lipinski definition) is 8. The van der Waals surface area contributed by atoms with Crippen LogP contribution in [0.5, 0.6) is 5.75 Å². The summed E-state index contributed by atoms with van der Waals surface area (Å²) in [6.45, 7) is 1.43. The molecule has 0 saturated carbocycles. The average molecular weight is 514 g/mol. The highest BCUT2D eigenvalue weighted by Crippen LogP contribution is 2.15. The maximum Gasteiger partial charge on any atom is 0.307 e. The molecule has 0 aliphatic rings. The lowest BCUT2D eigenvalue weighted by atomic mass is 10.1. The Labute approximate surface area is 198 Å². The Hall–Kier alpha value is -3.00. The molecule has 2 aromatic rings. The number of primary sulfonamides is 1. The first kappa shape index (κ1) is 27.2. The molecular formula is C21H27N3O8S2. The fourth-order valence-corrected chi connectivity index (χ4v) is 4.30. The molecule has 34 heavy (non-hydrogen) atoms. The van der Waals surface area contributed by atoms with Crippen LogP contribution in [0.4, 0.5) is 0 Å². The third-order valence-corrected chi connectivity index (χ3v) is 7.04. The molecule has 4 N–H and O–H groups in total. The van der Waals surface area contributed by atoms with Crippen LogP contribution in [0.3, 0.4) is 0 Å². The predicted molar refractivity (Wildman–Crippen MR) is 123 cm³/mol. The second-order valence-electron chi connectivity index (χ2n) is 7.19. The van der Waals surface area contributed by atoms with Crippen molar-refractivity contribution in [3.05, 3.63) is 54.1 Å². The van der Waals surface area contributed by atoms with Crippen LogP contribution >= 0.6 is 0 Å². The topological polar surface area (TPSA) is 171 Å². The molecule has 0 heterocycles. The van der Waals surface area contributed by atoms with Gasteiger partial charge in [-0.15, -0.1) is 0 Å². The monoisotopic (exact) mass is 513 g/mol. The van der Waals surface area contributed by atoms with Gasteiger partial charge in [-0.25, -0.2) is 26.7 Å². The van der Waals surface area contributed by atoms with Crippen LogP contribution in [0.2, 0.25) is 0 Å². The number of hydrogen-bond donors (Lipinski definition) is 3. The molecule has 1 atom stereocenters. The molecule has 0 saturated heterocycles. The fourth-order valence-electron chi connectivity index (χ4n) is 2.75. The summed E-state index contributed by atoms with van der Waals surface area (Å²) in [5.74, 6) is -0.748. The predicted octanol–water partition coefficient (Wildman–Crippen LogP) is 0.302. The minimum Gasteiger partial charge on any atom is -0.497 e. The number of nitrogens with one attached hydrogen (secondary N) is 2. The van der Waals surface area contributed by atoms with Crippen molar-refractivity contribution in [2.45, 2.75) is 35.7 Å². The Balaban J connectivity index is 1.72. The molecule has 1 unspecified atom stereocenters. The van der Waals surface area contributed by atoms with E-state index < -0.39 is 38.0 Å². The normalized spacial score (nSPS) is 12.6. The van der Waals surface area contributed by atoms with Gasteiger partial charge >= 0.3 is 5.97 Å². The van der Waals surface area contributed by atoms with E-state index in [4.69, 9.17) is 14.6 Å². The number of carbonyl (C=O) groups excluding carboxylic acids is 2. The molecule has 0 radical (unpaired) electrons. The van der Waals surface area contributed by atoms with Crippen molar-refractivity contribution in [1.29, 1.82) is 0 Å². The molecule has 186 valence electrons. The van der Waals surface area contributed by atoms with E-state index in [2.05, 4.69) is 10.0 Å². The number of esters is 1. The molecule has 1 amide bonds. The lowest BCUT2D eigenvalue weighted by molar-refractivity contribution is -0.154. The minimum atomic E-state index is -3.81. The molecule has 0 aromatic heterocycles. The highest BCUT2D eigenvalue weighted by Gasteiger charge is 2.19. The zero-order chi connectivity index (χ0) is 25.4. The number of rotatable bonds is 12. The van der Waals surface area contributed by atoms with Crippen molar-refractivity contribution in [3.8, 4) is 5.75 Å². The van der Waals surface area contributed by atoms with E-state index in [-0.39, 0.29) is 29.3 Å². The molecule has 0 aliphatic heterocycles. The van der Waals surface area contributed by atoms with E-state index in [0.717, 1.165) is 5.56 Å². The summed E-state index contributed by atoms with van der Waals surface area (Å²) >= 11 is 0. The lowest BCUT2D eigenvalue weighted by Gasteiger charge is -2.14. The van der Waals surface area contributed by atoms with E-state index in [0.29, 0.717) is 12.2 Å². The van der Waals surface area contributed by atoms with Crippen LogP contribution in [0.25, 0.3) is 0 Å². The Morgan fingerprint density at radius 2 is 1.53 bits per heavy atom. The Kier molecular flexibility index (Phi) is 9.55. The van der Waals surface area contributed by atoms with E-state index in [9.17, 15) is 26.4 Å². The van der Waals surface area contributed by atoms with Gasteiger partial charge in [0.2, 0.25) is 20.0 Å². The standard InChI is InChI=1S/C21H27N3O8S2/c1-15(21(26)23-13-11-16-3-7-18(8-4-16)33(22,27)28)32-20(25)12-14-24-34(29,30)19-9-5-17(31-2)6-10-19/h3-10,15,24H,11-14H2,1-2H3,(H,23,26)(H2,22,27,28).